The van der Waals surface area contributed by atoms with Crippen LogP contribution in [0.3, 0.4) is 0 Å². The molecule has 3 aromatic carbocycles. The Morgan fingerprint density at radius 3 is 2.37 bits per heavy atom. The van der Waals surface area contributed by atoms with Gasteiger partial charge in [0.2, 0.25) is 5.91 Å². The molecule has 2 amide bonds. The van der Waals surface area contributed by atoms with E-state index in [1.165, 1.54) is 16.7 Å². The van der Waals surface area contributed by atoms with Crippen LogP contribution in [0, 0.1) is 11.3 Å². The molecule has 0 bridgehead atoms. The molecule has 0 radical (unpaired) electrons. The summed E-state index contributed by atoms with van der Waals surface area (Å²) in [5.41, 5.74) is 2.47. The minimum atomic E-state index is -0.520. The number of ether oxygens (including phenoxy) is 2. The van der Waals surface area contributed by atoms with Crippen LogP contribution in [-0.4, -0.2) is 37.8 Å². The fourth-order valence-electron chi connectivity index (χ4n) is 4.08. The molecule has 0 aliphatic carbocycles. The minimum absolute atomic E-state index is 0.0854. The van der Waals surface area contributed by atoms with Crippen molar-refractivity contribution in [1.82, 2.24) is 5.32 Å². The van der Waals surface area contributed by atoms with Crippen molar-refractivity contribution in [2.24, 2.45) is 0 Å². The highest BCUT2D eigenvalue weighted by Gasteiger charge is 2.40. The molecule has 1 aliphatic heterocycles. The number of anilines is 1. The molecule has 1 heterocycles. The van der Waals surface area contributed by atoms with Crippen LogP contribution in [-0.2, 0) is 22.4 Å². The second-order valence-corrected chi connectivity index (χ2v) is 10.5. The zero-order valence-electron chi connectivity index (χ0n) is 20.9. The van der Waals surface area contributed by atoms with Gasteiger partial charge in [0.05, 0.1) is 19.5 Å². The van der Waals surface area contributed by atoms with Gasteiger partial charge in [-0.1, -0.05) is 64.1 Å². The molecule has 1 fully saturated rings. The first kappa shape index (κ1) is 27.3. The molecule has 3 aromatic rings. The Bertz CT molecular complexity index is 1390. The van der Waals surface area contributed by atoms with Gasteiger partial charge in [0.25, 0.3) is 5.91 Å². The molecular formula is C29H26BrN3O4S. The van der Waals surface area contributed by atoms with E-state index in [-0.39, 0.29) is 11.5 Å². The molecule has 38 heavy (non-hydrogen) atoms. The number of carbonyl (C=O) groups is 2. The van der Waals surface area contributed by atoms with E-state index in [4.69, 9.17) is 9.47 Å². The van der Waals surface area contributed by atoms with Gasteiger partial charge in [-0.25, -0.2) is 0 Å². The van der Waals surface area contributed by atoms with Crippen molar-refractivity contribution in [3.05, 3.63) is 99.0 Å². The van der Waals surface area contributed by atoms with Crippen LogP contribution in [0.1, 0.15) is 11.1 Å². The maximum atomic E-state index is 13.5. The summed E-state index contributed by atoms with van der Waals surface area (Å²) in [7, 11) is 3.14. The van der Waals surface area contributed by atoms with E-state index in [9.17, 15) is 14.9 Å². The summed E-state index contributed by atoms with van der Waals surface area (Å²) in [5, 5.41) is 12.7. The van der Waals surface area contributed by atoms with Crippen molar-refractivity contribution < 1.29 is 19.1 Å². The first-order valence-corrected chi connectivity index (χ1v) is 13.6. The summed E-state index contributed by atoms with van der Waals surface area (Å²) in [6, 6.07) is 24.5. The topological polar surface area (TPSA) is 91.7 Å². The van der Waals surface area contributed by atoms with Gasteiger partial charge < -0.3 is 14.8 Å². The van der Waals surface area contributed by atoms with Crippen LogP contribution in [0.2, 0.25) is 0 Å². The van der Waals surface area contributed by atoms with Crippen LogP contribution < -0.4 is 19.7 Å². The third-order valence-electron chi connectivity index (χ3n) is 6.00. The molecule has 0 aromatic heterocycles. The molecular weight excluding hydrogens is 566 g/mol. The number of thioether (sulfide) groups is 1. The highest BCUT2D eigenvalue weighted by atomic mass is 79.9. The molecule has 9 heteroatoms. The summed E-state index contributed by atoms with van der Waals surface area (Å²) in [4.78, 5) is 28.2. The number of amides is 2. The van der Waals surface area contributed by atoms with Gasteiger partial charge in [-0.2, -0.15) is 5.26 Å². The number of benzene rings is 3. The average molecular weight is 593 g/mol. The standard InChI is InChI=1S/C29H26BrN3O4S/c1-36-24-13-10-20(16-25(24)37-2)14-15-32-27(34)23(18-31)29-33(22-6-4-3-5-7-22)28(35)26(38-29)17-19-8-11-21(30)12-9-19/h3-13,16,26H,14-15,17H2,1-2H3,(H,32,34)/b29-23-/t26-/m0/s1. The zero-order valence-corrected chi connectivity index (χ0v) is 23.3. The molecule has 0 saturated carbocycles. The SMILES string of the molecule is COc1ccc(CCNC(=O)/C(C#N)=C2\S[C@@H](Cc3ccc(Br)cc3)C(=O)N2c2ccccc2)cc1OC. The summed E-state index contributed by atoms with van der Waals surface area (Å²) >= 11 is 4.68. The molecule has 1 atom stereocenters. The largest absolute Gasteiger partial charge is 0.493 e. The maximum Gasteiger partial charge on any atom is 0.264 e. The second kappa shape index (κ2) is 12.7. The lowest BCUT2D eigenvalue weighted by molar-refractivity contribution is -0.117. The van der Waals surface area contributed by atoms with E-state index in [0.29, 0.717) is 41.6 Å². The van der Waals surface area contributed by atoms with Crippen LogP contribution in [0.25, 0.3) is 0 Å². The van der Waals surface area contributed by atoms with Crippen LogP contribution in [0.5, 0.6) is 11.5 Å². The highest BCUT2D eigenvalue weighted by molar-refractivity contribution is 9.10. The van der Waals surface area contributed by atoms with E-state index < -0.39 is 11.2 Å². The number of halogens is 1. The van der Waals surface area contributed by atoms with Crippen LogP contribution in [0.4, 0.5) is 5.69 Å². The third kappa shape index (κ3) is 6.21. The van der Waals surface area contributed by atoms with Gasteiger partial charge in [0, 0.05) is 16.7 Å². The number of nitrogens with zero attached hydrogens (tertiary/aromatic N) is 2. The van der Waals surface area contributed by atoms with Crippen molar-refractivity contribution in [1.29, 1.82) is 5.26 Å². The van der Waals surface area contributed by atoms with E-state index >= 15 is 0 Å². The molecule has 1 aliphatic rings. The molecule has 4 rings (SSSR count). The summed E-state index contributed by atoms with van der Waals surface area (Å²) in [5.74, 6) is 0.546. The smallest absolute Gasteiger partial charge is 0.264 e. The lowest BCUT2D eigenvalue weighted by Gasteiger charge is -2.18. The number of methoxy groups -OCH3 is 2. The maximum absolute atomic E-state index is 13.5. The zero-order chi connectivity index (χ0) is 27.1. The fraction of sp³-hybridized carbons (Fsp3) is 0.207. The molecule has 194 valence electrons. The van der Waals surface area contributed by atoms with Gasteiger partial charge in [-0.3, -0.25) is 14.5 Å². The molecule has 1 N–H and O–H groups in total. The Hall–Kier alpha value is -3.74. The Labute approximate surface area is 234 Å². The van der Waals surface area contributed by atoms with Crippen molar-refractivity contribution in [3.63, 3.8) is 0 Å². The molecule has 0 spiro atoms. The van der Waals surface area contributed by atoms with Crippen molar-refractivity contribution in [3.8, 4) is 17.6 Å². The van der Waals surface area contributed by atoms with Gasteiger partial charge in [-0.15, -0.1) is 0 Å². The van der Waals surface area contributed by atoms with E-state index in [1.54, 1.807) is 26.4 Å². The van der Waals surface area contributed by atoms with E-state index in [1.807, 2.05) is 66.7 Å². The number of rotatable bonds is 9. The van der Waals surface area contributed by atoms with Crippen molar-refractivity contribution >= 4 is 45.2 Å². The third-order valence-corrected chi connectivity index (χ3v) is 7.79. The van der Waals surface area contributed by atoms with Gasteiger partial charge in [-0.05, 0) is 60.4 Å². The predicted molar refractivity (Wildman–Crippen MR) is 152 cm³/mol. The number of carbonyl (C=O) groups excluding carboxylic acids is 2. The quantitative estimate of drug-likeness (QED) is 0.270. The first-order valence-electron chi connectivity index (χ1n) is 11.9. The Kier molecular flexibility index (Phi) is 9.10. The van der Waals surface area contributed by atoms with Gasteiger partial charge in [0.1, 0.15) is 16.7 Å². The fourth-order valence-corrected chi connectivity index (χ4v) is 5.65. The number of para-hydroxylation sites is 1. The van der Waals surface area contributed by atoms with Crippen LogP contribution >= 0.6 is 27.7 Å². The summed E-state index contributed by atoms with van der Waals surface area (Å²) in [6.45, 7) is 0.305. The second-order valence-electron chi connectivity index (χ2n) is 8.43. The van der Waals surface area contributed by atoms with E-state index in [2.05, 4.69) is 21.2 Å². The van der Waals surface area contributed by atoms with E-state index in [0.717, 1.165) is 15.6 Å². The lowest BCUT2D eigenvalue weighted by atomic mass is 10.1. The number of hydrogen-bond donors (Lipinski definition) is 1. The number of nitriles is 1. The van der Waals surface area contributed by atoms with Gasteiger partial charge in [0.15, 0.2) is 11.5 Å². The van der Waals surface area contributed by atoms with Gasteiger partial charge >= 0.3 is 0 Å². The lowest BCUT2D eigenvalue weighted by Crippen LogP contribution is -2.32. The first-order chi connectivity index (χ1) is 18.4. The summed E-state index contributed by atoms with van der Waals surface area (Å²) in [6.07, 6.45) is 1.00. The van der Waals surface area contributed by atoms with Crippen molar-refractivity contribution in [2.45, 2.75) is 18.1 Å². The average Bonchev–Trinajstić information content (AvgIpc) is 3.25. The highest BCUT2D eigenvalue weighted by Crippen LogP contribution is 2.42. The van der Waals surface area contributed by atoms with Crippen molar-refractivity contribution in [2.75, 3.05) is 25.7 Å². The number of nitrogens with one attached hydrogen (secondary N) is 1. The Morgan fingerprint density at radius 2 is 1.71 bits per heavy atom. The summed E-state index contributed by atoms with van der Waals surface area (Å²) < 4.78 is 11.6. The predicted octanol–water partition coefficient (Wildman–Crippen LogP) is 5.25. The normalized spacial score (nSPS) is 16.1. The molecule has 7 nitrogen and oxygen atoms in total. The number of hydrogen-bond acceptors (Lipinski definition) is 6. The van der Waals surface area contributed by atoms with Crippen LogP contribution in [0.15, 0.2) is 87.9 Å². The molecule has 1 saturated heterocycles. The Morgan fingerprint density at radius 1 is 1.03 bits per heavy atom. The molecule has 0 unspecified atom stereocenters. The monoisotopic (exact) mass is 591 g/mol. The Balaban J connectivity index is 1.55. The minimum Gasteiger partial charge on any atom is -0.493 e.